The number of hydrogen-bond donors (Lipinski definition) is 3. The van der Waals surface area contributed by atoms with Crippen molar-refractivity contribution in [3.63, 3.8) is 0 Å². The van der Waals surface area contributed by atoms with Crippen LogP contribution in [0.4, 0.5) is 30.2 Å². The van der Waals surface area contributed by atoms with E-state index in [2.05, 4.69) is 48.1 Å². The van der Waals surface area contributed by atoms with Crippen LogP contribution in [0.3, 0.4) is 0 Å². The number of hydrogen-bond acceptors (Lipinski definition) is 8. The summed E-state index contributed by atoms with van der Waals surface area (Å²) in [6, 6.07) is 8.38. The Morgan fingerprint density at radius 1 is 0.949 bits per heavy atom. The number of alkyl halides is 3. The highest BCUT2D eigenvalue weighted by Gasteiger charge is 2.62. The number of carbonyl (C=O) groups is 4. The lowest BCUT2D eigenvalue weighted by molar-refractivity contribution is -0.388. The van der Waals surface area contributed by atoms with Crippen molar-refractivity contribution >= 4 is 40.7 Å². The van der Waals surface area contributed by atoms with Gasteiger partial charge in [-0.1, -0.05) is 13.8 Å². The molecule has 4 aliphatic rings. The van der Waals surface area contributed by atoms with E-state index in [1.807, 2.05) is 7.05 Å². The van der Waals surface area contributed by atoms with Crippen molar-refractivity contribution < 1.29 is 47.1 Å². The number of halogens is 3. The first-order valence-corrected chi connectivity index (χ1v) is 20.5. The zero-order valence-corrected chi connectivity index (χ0v) is 35.0. The van der Waals surface area contributed by atoms with Crippen LogP contribution in [0.1, 0.15) is 98.5 Å². The Morgan fingerprint density at radius 3 is 2.17 bits per heavy atom. The van der Waals surface area contributed by atoms with Gasteiger partial charge in [0.15, 0.2) is 5.60 Å². The molecular weight excluding hydrogens is 771 g/mol. The molecule has 0 unspecified atom stereocenters. The first kappa shape index (κ1) is 45.4. The van der Waals surface area contributed by atoms with Crippen molar-refractivity contribution in [2.24, 2.45) is 34.5 Å². The molecule has 1 heterocycles. The number of ether oxygens (including phenoxy) is 1. The summed E-state index contributed by atoms with van der Waals surface area (Å²) in [5, 5.41) is 25.8. The number of piperidine rings is 1. The molecule has 3 N–H and O–H groups in total. The van der Waals surface area contributed by atoms with E-state index in [4.69, 9.17) is 4.74 Å². The van der Waals surface area contributed by atoms with Crippen LogP contribution in [0.2, 0.25) is 0 Å². The lowest BCUT2D eigenvalue weighted by Crippen LogP contribution is -2.61. The number of carbonyl (C=O) groups excluding carboxylic acids is 4. The fourth-order valence-electron chi connectivity index (χ4n) is 10.7. The number of aliphatic hydroxyl groups is 1. The number of benzene rings is 2. The highest BCUT2D eigenvalue weighted by molar-refractivity contribution is 5.97. The van der Waals surface area contributed by atoms with Gasteiger partial charge >= 0.3 is 6.18 Å². The molecule has 0 aromatic heterocycles. The summed E-state index contributed by atoms with van der Waals surface area (Å²) in [7, 11) is 2.03. The predicted molar refractivity (Wildman–Crippen MR) is 215 cm³/mol. The van der Waals surface area contributed by atoms with E-state index < -0.39 is 40.5 Å². The van der Waals surface area contributed by atoms with Crippen molar-refractivity contribution in [1.82, 2.24) is 9.80 Å². The fourth-order valence-corrected chi connectivity index (χ4v) is 10.7. The predicted octanol–water partition coefficient (Wildman–Crippen LogP) is 7.67. The molecule has 59 heavy (non-hydrogen) atoms. The van der Waals surface area contributed by atoms with Gasteiger partial charge in [0.05, 0.1) is 4.92 Å². The Kier molecular flexibility index (Phi) is 13.4. The van der Waals surface area contributed by atoms with E-state index >= 15 is 0 Å². The maximum Gasteiger partial charge on any atom is 0.423 e. The Labute approximate surface area is 343 Å². The third-order valence-electron chi connectivity index (χ3n) is 13.9. The first-order valence-electron chi connectivity index (χ1n) is 20.5. The highest BCUT2D eigenvalue weighted by atomic mass is 19.4. The second-order valence-corrected chi connectivity index (χ2v) is 17.4. The third kappa shape index (κ3) is 9.37. The Balaban J connectivity index is 0.000000225. The smallest absolute Gasteiger partial charge is 0.423 e. The minimum Gasteiger partial charge on any atom is -0.490 e. The van der Waals surface area contributed by atoms with Gasteiger partial charge in [0.25, 0.3) is 11.6 Å². The van der Waals surface area contributed by atoms with Crippen LogP contribution in [-0.2, 0) is 25.4 Å². The van der Waals surface area contributed by atoms with Gasteiger partial charge in [-0.15, -0.1) is 0 Å². The van der Waals surface area contributed by atoms with Gasteiger partial charge in [0, 0.05) is 62.9 Å². The zero-order chi connectivity index (χ0) is 43.7. The summed E-state index contributed by atoms with van der Waals surface area (Å²) in [5.74, 6) is 2.05. The van der Waals surface area contributed by atoms with Crippen LogP contribution >= 0.6 is 0 Å². The number of nitro benzene ring substituents is 1. The maximum atomic E-state index is 13.3. The highest BCUT2D eigenvalue weighted by Crippen LogP contribution is 2.66. The van der Waals surface area contributed by atoms with Gasteiger partial charge in [-0.05, 0) is 131 Å². The molecule has 13 nitrogen and oxygen atoms in total. The normalized spacial score (nSPS) is 28.4. The van der Waals surface area contributed by atoms with Gasteiger partial charge in [-0.2, -0.15) is 13.2 Å². The molecular formula is C43H58F3N5O8. The average molecular weight is 830 g/mol. The van der Waals surface area contributed by atoms with Crippen molar-refractivity contribution in [3.8, 4) is 5.75 Å². The van der Waals surface area contributed by atoms with Gasteiger partial charge in [0.1, 0.15) is 17.9 Å². The standard InChI is InChI=1S/C24H40N2O2.C19H18F3N3O6/c1-6-26(7-2)22(28)19-10-9-17-16-8-11-20-24(4,15-13-21(27)25(20)5)18(16)12-14-23(17,19)3;1-11(26)23-12-3-6-14(7-4-12)31-10-18(2,28)17(27)24-13-5-8-16(25(29)30)15(9-13)19(20,21)22/h16-20H,6-15H2,1-5H3;3-9,28H,10H2,1-2H3,(H,23,26)(H,24,27)/t16-,17-,18-,19+,20+,23-,24+;18-/m00/s1. The van der Waals surface area contributed by atoms with Gasteiger partial charge in [-0.3, -0.25) is 29.3 Å². The van der Waals surface area contributed by atoms with Crippen LogP contribution in [0.25, 0.3) is 0 Å². The summed E-state index contributed by atoms with van der Waals surface area (Å²) in [5.41, 5.74) is -4.27. The Morgan fingerprint density at radius 2 is 1.58 bits per heavy atom. The van der Waals surface area contributed by atoms with Gasteiger partial charge < -0.3 is 30.3 Å². The van der Waals surface area contributed by atoms with Crippen LogP contribution in [0.15, 0.2) is 42.5 Å². The molecule has 6 rings (SSSR count). The van der Waals surface area contributed by atoms with Crippen LogP contribution in [-0.4, -0.2) is 81.8 Å². The number of fused-ring (bicyclic) bond motifs is 5. The molecule has 1 saturated heterocycles. The number of nitrogens with zero attached hydrogens (tertiary/aromatic N) is 3. The molecule has 0 radical (unpaired) electrons. The Bertz CT molecular complexity index is 1900. The zero-order valence-electron chi connectivity index (χ0n) is 35.0. The van der Waals surface area contributed by atoms with E-state index in [1.54, 1.807) is 0 Å². The second-order valence-electron chi connectivity index (χ2n) is 17.4. The first-order chi connectivity index (χ1) is 27.6. The topological polar surface area (TPSA) is 171 Å². The summed E-state index contributed by atoms with van der Waals surface area (Å²) in [6.07, 6.45) is 3.91. The number of rotatable bonds is 10. The molecule has 324 valence electrons. The number of anilines is 2. The molecule has 16 heteroatoms. The SMILES string of the molecule is CC(=O)Nc1ccc(OC[C@](C)(O)C(=O)Nc2ccc([N+](=O)[O-])c(C(F)(F)F)c2)cc1.CCN(CC)C(=O)[C@H]1CC[C@H]2[C@@H]3CC[C@H]4N(C)C(=O)CC[C@]4(C)[C@H]3CC[C@]12C. The number of amides is 4. The lowest BCUT2D eigenvalue weighted by Gasteiger charge is -2.61. The molecule has 4 fully saturated rings. The molecule has 1 aliphatic heterocycles. The van der Waals surface area contributed by atoms with E-state index in [0.717, 1.165) is 63.6 Å². The average Bonchev–Trinajstić information content (AvgIpc) is 3.53. The molecule has 0 spiro atoms. The van der Waals surface area contributed by atoms with Crippen LogP contribution < -0.4 is 15.4 Å². The van der Waals surface area contributed by atoms with Gasteiger partial charge in [0.2, 0.25) is 17.7 Å². The van der Waals surface area contributed by atoms with Crippen LogP contribution in [0.5, 0.6) is 5.75 Å². The molecule has 3 aliphatic carbocycles. The molecule has 3 saturated carbocycles. The van der Waals surface area contributed by atoms with Crippen molar-refractivity contribution in [3.05, 3.63) is 58.1 Å². The number of nitrogens with one attached hydrogen (secondary N) is 2. The quantitative estimate of drug-likeness (QED) is 0.162. The van der Waals surface area contributed by atoms with Crippen LogP contribution in [0, 0.1) is 44.6 Å². The van der Waals surface area contributed by atoms with E-state index in [-0.39, 0.29) is 34.1 Å². The minimum absolute atomic E-state index is 0.181. The van der Waals surface area contributed by atoms with Crippen molar-refractivity contribution in [1.29, 1.82) is 0 Å². The maximum absolute atomic E-state index is 13.3. The molecule has 4 amide bonds. The second kappa shape index (κ2) is 17.5. The van der Waals surface area contributed by atoms with E-state index in [9.17, 15) is 47.6 Å². The number of nitro groups is 1. The summed E-state index contributed by atoms with van der Waals surface area (Å²) >= 11 is 0. The monoisotopic (exact) mass is 829 g/mol. The minimum atomic E-state index is -5.02. The summed E-state index contributed by atoms with van der Waals surface area (Å²) in [4.78, 5) is 62.6. The Hall–Kier alpha value is -4.73. The summed E-state index contributed by atoms with van der Waals surface area (Å²) in [6.45, 7) is 12.7. The molecule has 8 atom stereocenters. The van der Waals surface area contributed by atoms with Gasteiger partial charge in [-0.25, -0.2) is 0 Å². The van der Waals surface area contributed by atoms with Crippen molar-refractivity contribution in [2.45, 2.75) is 111 Å². The number of likely N-dealkylation sites (tertiary alicyclic amines) is 1. The largest absolute Gasteiger partial charge is 0.490 e. The lowest BCUT2D eigenvalue weighted by atomic mass is 9.47. The molecule has 2 aromatic carbocycles. The summed E-state index contributed by atoms with van der Waals surface area (Å²) < 4.78 is 44.5. The fraction of sp³-hybridized carbons (Fsp3) is 0.628. The van der Waals surface area contributed by atoms with E-state index in [0.29, 0.717) is 41.6 Å². The molecule has 0 bridgehead atoms. The molecule has 2 aromatic rings. The van der Waals surface area contributed by atoms with Crippen molar-refractivity contribution in [2.75, 3.05) is 37.4 Å². The van der Waals surface area contributed by atoms with E-state index in [1.165, 1.54) is 56.9 Å². The third-order valence-corrected chi connectivity index (χ3v) is 13.9.